The van der Waals surface area contributed by atoms with E-state index in [0.717, 1.165) is 25.0 Å². The number of ether oxygens (including phenoxy) is 2. The van der Waals surface area contributed by atoms with E-state index >= 15 is 0 Å². The zero-order chi connectivity index (χ0) is 12.3. The highest BCUT2D eigenvalue weighted by molar-refractivity contribution is 5.70. The van der Waals surface area contributed by atoms with Gasteiger partial charge in [0.2, 0.25) is 0 Å². The SMILES string of the molecule is COC(=O)CC1(Oc2ccc(C)cc2)CCC1. The third-order valence-electron chi connectivity index (χ3n) is 3.31. The first-order chi connectivity index (χ1) is 8.13. The highest BCUT2D eigenvalue weighted by Gasteiger charge is 2.41. The Kier molecular flexibility index (Phi) is 3.36. The molecule has 1 aromatic rings. The zero-order valence-corrected chi connectivity index (χ0v) is 10.4. The number of rotatable bonds is 4. The van der Waals surface area contributed by atoms with Crippen LogP contribution in [0.2, 0.25) is 0 Å². The summed E-state index contributed by atoms with van der Waals surface area (Å²) in [7, 11) is 1.42. The maximum atomic E-state index is 11.4. The van der Waals surface area contributed by atoms with E-state index in [1.807, 2.05) is 31.2 Å². The number of hydrogen-bond acceptors (Lipinski definition) is 3. The molecule has 1 aliphatic rings. The average Bonchev–Trinajstić information content (AvgIpc) is 2.29. The minimum atomic E-state index is -0.331. The van der Waals surface area contributed by atoms with Crippen LogP contribution in [0.4, 0.5) is 0 Å². The van der Waals surface area contributed by atoms with Gasteiger partial charge in [0.05, 0.1) is 13.5 Å². The summed E-state index contributed by atoms with van der Waals surface area (Å²) >= 11 is 0. The summed E-state index contributed by atoms with van der Waals surface area (Å²) in [5.74, 6) is 0.635. The Hall–Kier alpha value is -1.51. The maximum absolute atomic E-state index is 11.4. The van der Waals surface area contributed by atoms with Gasteiger partial charge in [-0.2, -0.15) is 0 Å². The van der Waals surface area contributed by atoms with Gasteiger partial charge in [0.15, 0.2) is 0 Å². The molecule has 3 nitrogen and oxygen atoms in total. The van der Waals surface area contributed by atoms with Crippen LogP contribution in [0.1, 0.15) is 31.2 Å². The van der Waals surface area contributed by atoms with Gasteiger partial charge in [0.25, 0.3) is 0 Å². The molecule has 1 aromatic carbocycles. The fourth-order valence-electron chi connectivity index (χ4n) is 2.08. The van der Waals surface area contributed by atoms with Crippen molar-refractivity contribution < 1.29 is 14.3 Å². The van der Waals surface area contributed by atoms with Gasteiger partial charge in [-0.1, -0.05) is 17.7 Å². The number of hydrogen-bond donors (Lipinski definition) is 0. The molecule has 1 aliphatic carbocycles. The number of carbonyl (C=O) groups is 1. The van der Waals surface area contributed by atoms with Crippen LogP contribution in [0.3, 0.4) is 0 Å². The summed E-state index contributed by atoms with van der Waals surface area (Å²) in [4.78, 5) is 11.4. The lowest BCUT2D eigenvalue weighted by Gasteiger charge is -2.41. The summed E-state index contributed by atoms with van der Waals surface area (Å²) in [5, 5.41) is 0. The summed E-state index contributed by atoms with van der Waals surface area (Å²) in [6, 6.07) is 7.93. The Morgan fingerprint density at radius 1 is 1.29 bits per heavy atom. The molecular weight excluding hydrogens is 216 g/mol. The second-order valence-electron chi connectivity index (χ2n) is 4.70. The predicted octanol–water partition coefficient (Wildman–Crippen LogP) is 2.86. The van der Waals surface area contributed by atoms with Gasteiger partial charge < -0.3 is 9.47 Å². The number of methoxy groups -OCH3 is 1. The maximum Gasteiger partial charge on any atom is 0.309 e. The zero-order valence-electron chi connectivity index (χ0n) is 10.4. The minimum Gasteiger partial charge on any atom is -0.487 e. The Labute approximate surface area is 102 Å². The van der Waals surface area contributed by atoms with Crippen molar-refractivity contribution >= 4 is 5.97 Å². The fraction of sp³-hybridized carbons (Fsp3) is 0.500. The molecular formula is C14H18O3. The monoisotopic (exact) mass is 234 g/mol. The molecule has 3 heteroatoms. The molecule has 0 heterocycles. The van der Waals surface area contributed by atoms with Gasteiger partial charge >= 0.3 is 5.97 Å². The fourth-order valence-corrected chi connectivity index (χ4v) is 2.08. The van der Waals surface area contributed by atoms with Crippen molar-refractivity contribution in [1.82, 2.24) is 0 Å². The molecule has 0 saturated heterocycles. The lowest BCUT2D eigenvalue weighted by molar-refractivity contribution is -0.148. The Balaban J connectivity index is 2.04. The summed E-state index contributed by atoms with van der Waals surface area (Å²) in [6.45, 7) is 2.04. The second kappa shape index (κ2) is 4.78. The van der Waals surface area contributed by atoms with Crippen LogP contribution in [0, 0.1) is 6.92 Å². The molecule has 0 spiro atoms. The molecule has 0 aromatic heterocycles. The third-order valence-corrected chi connectivity index (χ3v) is 3.31. The smallest absolute Gasteiger partial charge is 0.309 e. The Bertz CT molecular complexity index is 390. The summed E-state index contributed by atoms with van der Waals surface area (Å²) < 4.78 is 10.7. The van der Waals surface area contributed by atoms with E-state index in [0.29, 0.717) is 6.42 Å². The van der Waals surface area contributed by atoms with Crippen LogP contribution < -0.4 is 4.74 Å². The molecule has 0 bridgehead atoms. The van der Waals surface area contributed by atoms with E-state index in [1.54, 1.807) is 0 Å². The number of carbonyl (C=O) groups excluding carboxylic acids is 1. The minimum absolute atomic E-state index is 0.197. The molecule has 2 rings (SSSR count). The van der Waals surface area contributed by atoms with E-state index in [-0.39, 0.29) is 11.6 Å². The van der Waals surface area contributed by atoms with E-state index < -0.39 is 0 Å². The highest BCUT2D eigenvalue weighted by atomic mass is 16.5. The molecule has 0 radical (unpaired) electrons. The number of aryl methyl sites for hydroxylation is 1. The molecule has 0 unspecified atom stereocenters. The predicted molar refractivity (Wildman–Crippen MR) is 65.0 cm³/mol. The van der Waals surface area contributed by atoms with E-state index in [9.17, 15) is 4.79 Å². The van der Waals surface area contributed by atoms with Crippen LogP contribution in [0.25, 0.3) is 0 Å². The van der Waals surface area contributed by atoms with Crippen molar-refractivity contribution in [3.8, 4) is 5.75 Å². The first kappa shape index (κ1) is 12.0. The molecule has 0 atom stereocenters. The van der Waals surface area contributed by atoms with Crippen LogP contribution in [-0.2, 0) is 9.53 Å². The number of benzene rings is 1. The van der Waals surface area contributed by atoms with Crippen molar-refractivity contribution in [2.24, 2.45) is 0 Å². The molecule has 0 amide bonds. The van der Waals surface area contributed by atoms with Crippen LogP contribution in [0.15, 0.2) is 24.3 Å². The number of esters is 1. The van der Waals surface area contributed by atoms with E-state index in [4.69, 9.17) is 9.47 Å². The normalized spacial score (nSPS) is 17.1. The second-order valence-corrected chi connectivity index (χ2v) is 4.70. The van der Waals surface area contributed by atoms with Crippen LogP contribution in [-0.4, -0.2) is 18.7 Å². The van der Waals surface area contributed by atoms with Crippen molar-refractivity contribution in [2.45, 2.75) is 38.2 Å². The van der Waals surface area contributed by atoms with Crippen molar-refractivity contribution in [3.63, 3.8) is 0 Å². The van der Waals surface area contributed by atoms with E-state index in [2.05, 4.69) is 0 Å². The summed E-state index contributed by atoms with van der Waals surface area (Å²) in [6.07, 6.45) is 3.31. The topological polar surface area (TPSA) is 35.5 Å². The highest BCUT2D eigenvalue weighted by Crippen LogP contribution is 2.39. The largest absolute Gasteiger partial charge is 0.487 e. The Morgan fingerprint density at radius 2 is 1.94 bits per heavy atom. The molecule has 1 saturated carbocycles. The quantitative estimate of drug-likeness (QED) is 0.751. The van der Waals surface area contributed by atoms with Crippen molar-refractivity contribution in [2.75, 3.05) is 7.11 Å². The van der Waals surface area contributed by atoms with Gasteiger partial charge in [-0.25, -0.2) is 0 Å². The molecule has 92 valence electrons. The lowest BCUT2D eigenvalue weighted by Crippen LogP contribution is -2.45. The Morgan fingerprint density at radius 3 is 2.41 bits per heavy atom. The van der Waals surface area contributed by atoms with E-state index in [1.165, 1.54) is 12.7 Å². The van der Waals surface area contributed by atoms with Gasteiger partial charge in [-0.15, -0.1) is 0 Å². The third kappa shape index (κ3) is 2.78. The average molecular weight is 234 g/mol. The van der Waals surface area contributed by atoms with Crippen LogP contribution >= 0.6 is 0 Å². The first-order valence-electron chi connectivity index (χ1n) is 5.96. The van der Waals surface area contributed by atoms with Crippen LogP contribution in [0.5, 0.6) is 5.75 Å². The lowest BCUT2D eigenvalue weighted by atomic mass is 9.77. The van der Waals surface area contributed by atoms with Crippen molar-refractivity contribution in [3.05, 3.63) is 29.8 Å². The molecule has 0 aliphatic heterocycles. The van der Waals surface area contributed by atoms with Gasteiger partial charge in [-0.3, -0.25) is 4.79 Å². The molecule has 1 fully saturated rings. The molecule has 17 heavy (non-hydrogen) atoms. The van der Waals surface area contributed by atoms with Gasteiger partial charge in [0, 0.05) is 0 Å². The van der Waals surface area contributed by atoms with Gasteiger partial charge in [-0.05, 0) is 38.3 Å². The first-order valence-corrected chi connectivity index (χ1v) is 5.96. The standard InChI is InChI=1S/C14H18O3/c1-11-4-6-12(7-5-11)17-14(8-3-9-14)10-13(15)16-2/h4-7H,3,8-10H2,1-2H3. The van der Waals surface area contributed by atoms with Crippen molar-refractivity contribution in [1.29, 1.82) is 0 Å². The molecule has 0 N–H and O–H groups in total. The summed E-state index contributed by atoms with van der Waals surface area (Å²) in [5.41, 5.74) is 0.871. The van der Waals surface area contributed by atoms with Gasteiger partial charge in [0.1, 0.15) is 11.4 Å².